The van der Waals surface area contributed by atoms with Gasteiger partial charge in [0.1, 0.15) is 12.0 Å². The van der Waals surface area contributed by atoms with Crippen LogP contribution in [0.4, 0.5) is 0 Å². The molecular formula is C9H9ClO. The molecule has 1 nitrogen and oxygen atoms in total. The minimum absolute atomic E-state index is 0.633. The Kier molecular flexibility index (Phi) is 2.99. The molecule has 0 saturated carbocycles. The van der Waals surface area contributed by atoms with Crippen molar-refractivity contribution in [1.29, 1.82) is 0 Å². The molecule has 0 fully saturated rings. The van der Waals surface area contributed by atoms with E-state index in [4.69, 9.17) is 16.3 Å². The van der Waals surface area contributed by atoms with E-state index in [0.29, 0.717) is 5.03 Å². The second-order valence-electron chi connectivity index (χ2n) is 2.14. The molecule has 0 aliphatic rings. The summed E-state index contributed by atoms with van der Waals surface area (Å²) in [5.74, 6) is 0.799. The third kappa shape index (κ3) is 3.10. The molecule has 0 spiro atoms. The van der Waals surface area contributed by atoms with Gasteiger partial charge in [-0.3, -0.25) is 0 Å². The van der Waals surface area contributed by atoms with E-state index in [-0.39, 0.29) is 0 Å². The van der Waals surface area contributed by atoms with Gasteiger partial charge in [0.15, 0.2) is 0 Å². The first kappa shape index (κ1) is 8.15. The number of hydrogen-bond acceptors (Lipinski definition) is 1. The Labute approximate surface area is 71.3 Å². The van der Waals surface area contributed by atoms with Crippen molar-refractivity contribution in [3.63, 3.8) is 0 Å². The molecule has 0 N–H and O–H groups in total. The summed E-state index contributed by atoms with van der Waals surface area (Å²) in [7, 11) is 0. The zero-order chi connectivity index (χ0) is 8.10. The van der Waals surface area contributed by atoms with Crippen LogP contribution in [-0.2, 0) is 0 Å². The first-order valence-electron chi connectivity index (χ1n) is 3.33. The van der Waals surface area contributed by atoms with E-state index >= 15 is 0 Å². The van der Waals surface area contributed by atoms with Crippen LogP contribution in [0.1, 0.15) is 6.92 Å². The molecule has 1 aromatic carbocycles. The van der Waals surface area contributed by atoms with Gasteiger partial charge in [0.05, 0.1) is 5.03 Å². The molecule has 0 atom stereocenters. The highest BCUT2D eigenvalue weighted by Gasteiger charge is 1.86. The Bertz CT molecular complexity index is 237. The summed E-state index contributed by atoms with van der Waals surface area (Å²) in [5, 5.41) is 0.633. The van der Waals surface area contributed by atoms with Crippen molar-refractivity contribution in [2.24, 2.45) is 0 Å². The summed E-state index contributed by atoms with van der Waals surface area (Å²) in [4.78, 5) is 0. The van der Waals surface area contributed by atoms with Crippen molar-refractivity contribution in [3.05, 3.63) is 41.6 Å². The fourth-order valence-corrected chi connectivity index (χ4v) is 0.693. The Hall–Kier alpha value is -0.950. The van der Waals surface area contributed by atoms with Crippen LogP contribution in [0.3, 0.4) is 0 Å². The molecule has 0 aromatic heterocycles. The van der Waals surface area contributed by atoms with Gasteiger partial charge in [-0.2, -0.15) is 0 Å². The van der Waals surface area contributed by atoms with Crippen LogP contribution in [-0.4, -0.2) is 0 Å². The van der Waals surface area contributed by atoms with Crippen molar-refractivity contribution in [3.8, 4) is 5.75 Å². The van der Waals surface area contributed by atoms with E-state index in [1.807, 2.05) is 30.3 Å². The SMILES string of the molecule is C/C(Cl)=C/Oc1ccccc1. The Morgan fingerprint density at radius 3 is 2.55 bits per heavy atom. The topological polar surface area (TPSA) is 9.23 Å². The van der Waals surface area contributed by atoms with Crippen molar-refractivity contribution in [2.45, 2.75) is 6.92 Å². The molecule has 0 amide bonds. The first-order chi connectivity index (χ1) is 5.29. The predicted octanol–water partition coefficient (Wildman–Crippen LogP) is 3.17. The summed E-state index contributed by atoms with van der Waals surface area (Å²) in [6.45, 7) is 1.77. The van der Waals surface area contributed by atoms with E-state index in [1.165, 1.54) is 6.26 Å². The fourth-order valence-electron chi connectivity index (χ4n) is 0.648. The Morgan fingerprint density at radius 1 is 1.36 bits per heavy atom. The average Bonchev–Trinajstić information content (AvgIpc) is 2.03. The monoisotopic (exact) mass is 168 g/mol. The zero-order valence-electron chi connectivity index (χ0n) is 6.25. The summed E-state index contributed by atoms with van der Waals surface area (Å²) < 4.78 is 5.17. The average molecular weight is 169 g/mol. The van der Waals surface area contributed by atoms with Gasteiger partial charge in [0, 0.05) is 0 Å². The number of halogens is 1. The number of ether oxygens (including phenoxy) is 1. The van der Waals surface area contributed by atoms with Gasteiger partial charge in [0.2, 0.25) is 0 Å². The van der Waals surface area contributed by atoms with Gasteiger partial charge in [-0.1, -0.05) is 29.8 Å². The first-order valence-corrected chi connectivity index (χ1v) is 3.71. The summed E-state index contributed by atoms with van der Waals surface area (Å²) >= 11 is 5.56. The number of benzene rings is 1. The van der Waals surface area contributed by atoms with Gasteiger partial charge in [-0.25, -0.2) is 0 Å². The largest absolute Gasteiger partial charge is 0.464 e. The molecule has 1 aromatic rings. The quantitative estimate of drug-likeness (QED) is 0.617. The standard InChI is InChI=1S/C9H9ClO/c1-8(10)7-11-9-5-3-2-4-6-9/h2-7H,1H3/b8-7-. The number of rotatable bonds is 2. The van der Waals surface area contributed by atoms with Crippen LogP contribution in [0.2, 0.25) is 0 Å². The molecule has 0 saturated heterocycles. The maximum atomic E-state index is 5.56. The zero-order valence-corrected chi connectivity index (χ0v) is 7.01. The van der Waals surface area contributed by atoms with Crippen LogP contribution in [0.15, 0.2) is 41.6 Å². The van der Waals surface area contributed by atoms with Crippen LogP contribution < -0.4 is 4.74 Å². The number of para-hydroxylation sites is 1. The van der Waals surface area contributed by atoms with Crippen molar-refractivity contribution in [1.82, 2.24) is 0 Å². The van der Waals surface area contributed by atoms with Crippen molar-refractivity contribution < 1.29 is 4.74 Å². The molecule has 0 bridgehead atoms. The Morgan fingerprint density at radius 2 is 2.00 bits per heavy atom. The number of hydrogen-bond donors (Lipinski definition) is 0. The van der Waals surface area contributed by atoms with Crippen LogP contribution in [0, 0.1) is 0 Å². The van der Waals surface area contributed by atoms with Crippen LogP contribution >= 0.6 is 11.6 Å². The Balaban J connectivity index is 2.59. The second kappa shape index (κ2) is 4.04. The minimum atomic E-state index is 0.633. The highest BCUT2D eigenvalue weighted by molar-refractivity contribution is 6.29. The normalized spacial score (nSPS) is 11.3. The third-order valence-electron chi connectivity index (χ3n) is 1.10. The lowest BCUT2D eigenvalue weighted by Gasteiger charge is -1.97. The molecule has 0 aliphatic heterocycles. The maximum Gasteiger partial charge on any atom is 0.126 e. The molecular weight excluding hydrogens is 160 g/mol. The highest BCUT2D eigenvalue weighted by atomic mass is 35.5. The lowest BCUT2D eigenvalue weighted by Crippen LogP contribution is -1.80. The minimum Gasteiger partial charge on any atom is -0.464 e. The molecule has 2 heteroatoms. The van der Waals surface area contributed by atoms with E-state index in [9.17, 15) is 0 Å². The molecule has 11 heavy (non-hydrogen) atoms. The lowest BCUT2D eigenvalue weighted by atomic mass is 10.3. The molecule has 58 valence electrons. The van der Waals surface area contributed by atoms with E-state index in [2.05, 4.69) is 0 Å². The van der Waals surface area contributed by atoms with Crippen LogP contribution in [0.25, 0.3) is 0 Å². The highest BCUT2D eigenvalue weighted by Crippen LogP contribution is 2.10. The smallest absolute Gasteiger partial charge is 0.126 e. The molecule has 0 unspecified atom stereocenters. The molecule has 1 rings (SSSR count). The number of allylic oxidation sites excluding steroid dienone is 1. The molecule has 0 aliphatic carbocycles. The summed E-state index contributed by atoms with van der Waals surface area (Å²) in [6, 6.07) is 9.50. The molecule has 0 radical (unpaired) electrons. The van der Waals surface area contributed by atoms with Crippen LogP contribution in [0.5, 0.6) is 5.75 Å². The van der Waals surface area contributed by atoms with Crippen molar-refractivity contribution in [2.75, 3.05) is 0 Å². The van der Waals surface area contributed by atoms with Gasteiger partial charge < -0.3 is 4.74 Å². The molecule has 0 heterocycles. The second-order valence-corrected chi connectivity index (χ2v) is 2.73. The van der Waals surface area contributed by atoms with E-state index in [0.717, 1.165) is 5.75 Å². The summed E-state index contributed by atoms with van der Waals surface area (Å²) in [5.41, 5.74) is 0. The van der Waals surface area contributed by atoms with Gasteiger partial charge in [-0.05, 0) is 19.1 Å². The predicted molar refractivity (Wildman–Crippen MR) is 46.7 cm³/mol. The van der Waals surface area contributed by atoms with Gasteiger partial charge in [0.25, 0.3) is 0 Å². The van der Waals surface area contributed by atoms with Crippen molar-refractivity contribution >= 4 is 11.6 Å². The maximum absolute atomic E-state index is 5.56. The fraction of sp³-hybridized carbons (Fsp3) is 0.111. The lowest BCUT2D eigenvalue weighted by molar-refractivity contribution is 0.479. The third-order valence-corrected chi connectivity index (χ3v) is 1.19. The van der Waals surface area contributed by atoms with Gasteiger partial charge in [-0.15, -0.1) is 0 Å². The van der Waals surface area contributed by atoms with E-state index in [1.54, 1.807) is 6.92 Å². The summed E-state index contributed by atoms with van der Waals surface area (Å²) in [6.07, 6.45) is 1.51. The van der Waals surface area contributed by atoms with E-state index < -0.39 is 0 Å². The van der Waals surface area contributed by atoms with Gasteiger partial charge >= 0.3 is 0 Å².